The van der Waals surface area contributed by atoms with Gasteiger partial charge in [-0.2, -0.15) is 4.31 Å². The van der Waals surface area contributed by atoms with Crippen LogP contribution in [0.2, 0.25) is 0 Å². The molecule has 0 unspecified atom stereocenters. The molecule has 1 atom stereocenters. The van der Waals surface area contributed by atoms with Crippen LogP contribution in [-0.4, -0.2) is 31.2 Å². The predicted octanol–water partition coefficient (Wildman–Crippen LogP) is 3.32. The minimum absolute atomic E-state index is 0.0207. The number of carbonyl (C=O) groups is 1. The molecule has 0 aliphatic heterocycles. The average molecular weight is 392 g/mol. The minimum atomic E-state index is -3.87. The van der Waals surface area contributed by atoms with Crippen LogP contribution in [0.25, 0.3) is 0 Å². The van der Waals surface area contributed by atoms with Gasteiger partial charge in [0.1, 0.15) is 5.82 Å². The molecule has 5 nitrogen and oxygen atoms in total. The Labute approximate surface area is 160 Å². The summed E-state index contributed by atoms with van der Waals surface area (Å²) in [6.07, 6.45) is 1.73. The zero-order valence-corrected chi connectivity index (χ0v) is 16.4. The molecule has 2 aromatic rings. The van der Waals surface area contributed by atoms with Crippen LogP contribution in [0.5, 0.6) is 0 Å². The molecule has 0 fully saturated rings. The molecule has 1 amide bonds. The lowest BCUT2D eigenvalue weighted by Crippen LogP contribution is -2.43. The van der Waals surface area contributed by atoms with E-state index in [1.54, 1.807) is 18.2 Å². The zero-order valence-electron chi connectivity index (χ0n) is 15.6. The number of sulfonamides is 1. The van der Waals surface area contributed by atoms with Crippen molar-refractivity contribution < 1.29 is 17.6 Å². The molecule has 146 valence electrons. The number of benzene rings is 2. The van der Waals surface area contributed by atoms with E-state index in [1.165, 1.54) is 36.4 Å². The van der Waals surface area contributed by atoms with Gasteiger partial charge in [-0.15, -0.1) is 0 Å². The summed E-state index contributed by atoms with van der Waals surface area (Å²) in [4.78, 5) is 12.5. The van der Waals surface area contributed by atoms with Gasteiger partial charge in [-0.1, -0.05) is 43.7 Å². The van der Waals surface area contributed by atoms with Crippen LogP contribution in [0.15, 0.2) is 59.5 Å². The van der Waals surface area contributed by atoms with E-state index in [2.05, 4.69) is 5.32 Å². The number of halogens is 1. The first-order valence-corrected chi connectivity index (χ1v) is 10.4. The van der Waals surface area contributed by atoms with Gasteiger partial charge in [-0.05, 0) is 43.2 Å². The van der Waals surface area contributed by atoms with Crippen molar-refractivity contribution in [1.29, 1.82) is 0 Å². The Hall–Kier alpha value is -2.25. The zero-order chi connectivity index (χ0) is 19.9. The van der Waals surface area contributed by atoms with E-state index >= 15 is 0 Å². The van der Waals surface area contributed by atoms with Gasteiger partial charge in [0.25, 0.3) is 0 Å². The first kappa shape index (κ1) is 21.1. The van der Waals surface area contributed by atoms with Crippen LogP contribution >= 0.6 is 0 Å². The van der Waals surface area contributed by atoms with Gasteiger partial charge in [-0.3, -0.25) is 4.79 Å². The van der Waals surface area contributed by atoms with E-state index in [0.29, 0.717) is 5.56 Å². The lowest BCUT2D eigenvalue weighted by atomic mass is 10.2. The third kappa shape index (κ3) is 6.15. The molecule has 2 rings (SSSR count). The van der Waals surface area contributed by atoms with Gasteiger partial charge in [0, 0.05) is 12.6 Å². The molecule has 27 heavy (non-hydrogen) atoms. The maximum absolute atomic E-state index is 13.2. The SMILES string of the molecule is CCC[C@@H](C)NC(=O)CN(Cc1ccc(F)cc1)S(=O)(=O)c1ccccc1. The van der Waals surface area contributed by atoms with Crippen LogP contribution in [0, 0.1) is 5.82 Å². The van der Waals surface area contributed by atoms with Crippen LogP contribution in [-0.2, 0) is 21.4 Å². The number of amides is 1. The fraction of sp³-hybridized carbons (Fsp3) is 0.350. The van der Waals surface area contributed by atoms with Crippen LogP contribution in [0.4, 0.5) is 4.39 Å². The Morgan fingerprint density at radius 3 is 2.33 bits per heavy atom. The van der Waals surface area contributed by atoms with E-state index in [1.807, 2.05) is 13.8 Å². The smallest absolute Gasteiger partial charge is 0.243 e. The van der Waals surface area contributed by atoms with E-state index in [0.717, 1.165) is 17.1 Å². The van der Waals surface area contributed by atoms with Gasteiger partial charge in [0.05, 0.1) is 11.4 Å². The molecule has 0 bridgehead atoms. The molecule has 0 aliphatic carbocycles. The minimum Gasteiger partial charge on any atom is -0.353 e. The van der Waals surface area contributed by atoms with Gasteiger partial charge in [-0.25, -0.2) is 12.8 Å². The fourth-order valence-corrected chi connectivity index (χ4v) is 4.15. The van der Waals surface area contributed by atoms with Crippen LogP contribution < -0.4 is 5.32 Å². The van der Waals surface area contributed by atoms with Crippen molar-refractivity contribution in [2.24, 2.45) is 0 Å². The highest BCUT2D eigenvalue weighted by atomic mass is 32.2. The quantitative estimate of drug-likeness (QED) is 0.712. The van der Waals surface area contributed by atoms with Crippen molar-refractivity contribution in [1.82, 2.24) is 9.62 Å². The average Bonchev–Trinajstić information content (AvgIpc) is 2.63. The molecular formula is C20H25FN2O3S. The largest absolute Gasteiger partial charge is 0.353 e. The van der Waals surface area contributed by atoms with Gasteiger partial charge in [0.2, 0.25) is 15.9 Å². The maximum Gasteiger partial charge on any atom is 0.243 e. The highest BCUT2D eigenvalue weighted by Crippen LogP contribution is 2.18. The molecule has 1 N–H and O–H groups in total. The summed E-state index contributed by atoms with van der Waals surface area (Å²) in [5.74, 6) is -0.764. The highest BCUT2D eigenvalue weighted by Gasteiger charge is 2.27. The molecule has 0 aliphatic rings. The summed E-state index contributed by atoms with van der Waals surface area (Å²) in [6, 6.07) is 13.5. The second kappa shape index (κ2) is 9.62. The first-order chi connectivity index (χ1) is 12.8. The summed E-state index contributed by atoms with van der Waals surface area (Å²) < 4.78 is 40.3. The van der Waals surface area contributed by atoms with Gasteiger partial charge < -0.3 is 5.32 Å². The van der Waals surface area contributed by atoms with Crippen molar-refractivity contribution in [3.63, 3.8) is 0 Å². The van der Waals surface area contributed by atoms with Gasteiger partial charge >= 0.3 is 0 Å². The lowest BCUT2D eigenvalue weighted by molar-refractivity contribution is -0.122. The normalized spacial score (nSPS) is 12.7. The van der Waals surface area contributed by atoms with Crippen molar-refractivity contribution in [2.75, 3.05) is 6.54 Å². The second-order valence-electron chi connectivity index (χ2n) is 6.47. The number of carbonyl (C=O) groups excluding carboxylic acids is 1. The Bertz CT molecular complexity index is 839. The molecule has 7 heteroatoms. The number of nitrogens with one attached hydrogen (secondary N) is 1. The number of nitrogens with zero attached hydrogens (tertiary/aromatic N) is 1. The molecule has 2 aromatic carbocycles. The standard InChI is InChI=1S/C20H25FN2O3S/c1-3-7-16(2)22-20(24)15-23(14-17-10-12-18(21)13-11-17)27(25,26)19-8-5-4-6-9-19/h4-6,8-13,16H,3,7,14-15H2,1-2H3,(H,22,24)/t16-/m1/s1. The molecule has 0 aromatic heterocycles. The summed E-state index contributed by atoms with van der Waals surface area (Å²) in [7, 11) is -3.87. The van der Waals surface area contributed by atoms with E-state index < -0.39 is 15.8 Å². The van der Waals surface area contributed by atoms with Crippen molar-refractivity contribution >= 4 is 15.9 Å². The van der Waals surface area contributed by atoms with Crippen LogP contribution in [0.1, 0.15) is 32.3 Å². The van der Waals surface area contributed by atoms with E-state index in [9.17, 15) is 17.6 Å². The first-order valence-electron chi connectivity index (χ1n) is 8.92. The molecule has 0 saturated carbocycles. The Balaban J connectivity index is 2.25. The Morgan fingerprint density at radius 2 is 1.74 bits per heavy atom. The predicted molar refractivity (Wildman–Crippen MR) is 103 cm³/mol. The summed E-state index contributed by atoms with van der Waals surface area (Å²) in [6.45, 7) is 3.58. The molecular weight excluding hydrogens is 367 g/mol. The van der Waals surface area contributed by atoms with E-state index in [-0.39, 0.29) is 29.9 Å². The molecule has 0 saturated heterocycles. The highest BCUT2D eigenvalue weighted by molar-refractivity contribution is 7.89. The molecule has 0 heterocycles. The number of rotatable bonds is 9. The summed E-state index contributed by atoms with van der Waals surface area (Å²) in [5.41, 5.74) is 0.602. The maximum atomic E-state index is 13.2. The monoisotopic (exact) mass is 392 g/mol. The number of hydrogen-bond acceptors (Lipinski definition) is 3. The lowest BCUT2D eigenvalue weighted by Gasteiger charge is -2.23. The molecule has 0 radical (unpaired) electrons. The third-order valence-corrected chi connectivity index (χ3v) is 5.91. The fourth-order valence-electron chi connectivity index (χ4n) is 2.75. The van der Waals surface area contributed by atoms with Gasteiger partial charge in [0.15, 0.2) is 0 Å². The van der Waals surface area contributed by atoms with Crippen molar-refractivity contribution in [2.45, 2.75) is 44.2 Å². The summed E-state index contributed by atoms with van der Waals surface area (Å²) in [5, 5.41) is 2.82. The Morgan fingerprint density at radius 1 is 1.11 bits per heavy atom. The van der Waals surface area contributed by atoms with Crippen molar-refractivity contribution in [3.8, 4) is 0 Å². The summed E-state index contributed by atoms with van der Waals surface area (Å²) >= 11 is 0. The third-order valence-electron chi connectivity index (χ3n) is 4.10. The molecule has 0 spiro atoms. The topological polar surface area (TPSA) is 66.5 Å². The van der Waals surface area contributed by atoms with Crippen LogP contribution in [0.3, 0.4) is 0 Å². The number of hydrogen-bond donors (Lipinski definition) is 1. The van der Waals surface area contributed by atoms with Crippen molar-refractivity contribution in [3.05, 3.63) is 66.0 Å². The Kier molecular flexibility index (Phi) is 7.50. The van der Waals surface area contributed by atoms with E-state index in [4.69, 9.17) is 0 Å². The second-order valence-corrected chi connectivity index (χ2v) is 8.41.